The summed E-state index contributed by atoms with van der Waals surface area (Å²) in [4.78, 5) is 25.3. The molecule has 1 fully saturated rings. The van der Waals surface area contributed by atoms with Gasteiger partial charge in [0.15, 0.2) is 5.69 Å². The number of hydrogen-bond donors (Lipinski definition) is 1. The first kappa shape index (κ1) is 17.5. The summed E-state index contributed by atoms with van der Waals surface area (Å²) in [6.07, 6.45) is 4.93. The van der Waals surface area contributed by atoms with Gasteiger partial charge < -0.3 is 0 Å². The number of tetrazole rings is 1. The topological polar surface area (TPSA) is 108 Å². The summed E-state index contributed by atoms with van der Waals surface area (Å²) in [6.45, 7) is 2.03. The first-order chi connectivity index (χ1) is 11.8. The molecule has 2 aromatic heterocycles. The van der Waals surface area contributed by atoms with Crippen LogP contribution in [0.25, 0.3) is 0 Å². The van der Waals surface area contributed by atoms with Gasteiger partial charge in [0.1, 0.15) is 0 Å². The van der Waals surface area contributed by atoms with Crippen molar-refractivity contribution in [1.82, 2.24) is 30.0 Å². The highest BCUT2D eigenvalue weighted by Gasteiger charge is 2.36. The minimum absolute atomic E-state index is 0.00596. The third-order valence-corrected chi connectivity index (χ3v) is 5.17. The van der Waals surface area contributed by atoms with Crippen LogP contribution in [0.1, 0.15) is 55.1 Å². The predicted molar refractivity (Wildman–Crippen MR) is 91.7 cm³/mol. The molecule has 1 saturated carbocycles. The summed E-state index contributed by atoms with van der Waals surface area (Å²) in [7, 11) is 3.12. The van der Waals surface area contributed by atoms with Crippen LogP contribution < -0.4 is 10.9 Å². The number of carbonyl (C=O) groups excluding carboxylic acids is 1. The van der Waals surface area contributed by atoms with Crippen LogP contribution in [0.15, 0.2) is 4.79 Å². The highest BCUT2D eigenvalue weighted by Crippen LogP contribution is 2.40. The molecule has 2 heterocycles. The van der Waals surface area contributed by atoms with E-state index in [9.17, 15) is 9.59 Å². The molecule has 0 saturated heterocycles. The van der Waals surface area contributed by atoms with Crippen LogP contribution in [-0.4, -0.2) is 35.9 Å². The molecule has 1 aliphatic rings. The molecule has 0 aromatic carbocycles. The van der Waals surface area contributed by atoms with Crippen molar-refractivity contribution >= 4 is 23.5 Å². The molecule has 0 aliphatic heterocycles. The Morgan fingerprint density at radius 1 is 1.20 bits per heavy atom. The largest absolute Gasteiger partial charge is 0.288 e. The summed E-state index contributed by atoms with van der Waals surface area (Å²) in [6, 6.07) is 0. The van der Waals surface area contributed by atoms with E-state index < -0.39 is 5.91 Å². The van der Waals surface area contributed by atoms with Crippen LogP contribution in [0.5, 0.6) is 0 Å². The van der Waals surface area contributed by atoms with Gasteiger partial charge in [0, 0.05) is 19.7 Å². The normalized spacial score (nSPS) is 16.6. The number of nitrogens with one attached hydrogen (secondary N) is 1. The zero-order chi connectivity index (χ0) is 18.2. The van der Waals surface area contributed by atoms with E-state index in [4.69, 9.17) is 11.6 Å². The van der Waals surface area contributed by atoms with Gasteiger partial charge in [-0.05, 0) is 28.7 Å². The molecule has 0 bridgehead atoms. The first-order valence-electron chi connectivity index (χ1n) is 8.14. The van der Waals surface area contributed by atoms with Gasteiger partial charge >= 0.3 is 0 Å². The first-order valence-corrected chi connectivity index (χ1v) is 8.52. The maximum Gasteiger partial charge on any atom is 0.280 e. The Morgan fingerprint density at radius 2 is 1.88 bits per heavy atom. The quantitative estimate of drug-likeness (QED) is 0.881. The Bertz CT molecular complexity index is 867. The Kier molecular flexibility index (Phi) is 4.59. The minimum Gasteiger partial charge on any atom is -0.288 e. The third kappa shape index (κ3) is 3.15. The lowest BCUT2D eigenvalue weighted by Crippen LogP contribution is -2.38. The number of nitrogens with zero attached hydrogens (tertiary/aromatic N) is 6. The zero-order valence-electron chi connectivity index (χ0n) is 14.4. The summed E-state index contributed by atoms with van der Waals surface area (Å²) in [5.41, 5.74) is -0.151. The molecule has 0 unspecified atom stereocenters. The van der Waals surface area contributed by atoms with Crippen LogP contribution in [0.4, 0.5) is 5.95 Å². The second-order valence-electron chi connectivity index (χ2n) is 6.67. The number of anilines is 1. The molecule has 3 rings (SSSR count). The van der Waals surface area contributed by atoms with Gasteiger partial charge in [-0.1, -0.05) is 42.9 Å². The van der Waals surface area contributed by atoms with E-state index in [1.54, 1.807) is 7.05 Å². The molecule has 1 amide bonds. The Balaban J connectivity index is 2.05. The van der Waals surface area contributed by atoms with Crippen LogP contribution >= 0.6 is 11.6 Å². The Labute approximate surface area is 149 Å². The van der Waals surface area contributed by atoms with Crippen molar-refractivity contribution in [3.8, 4) is 0 Å². The van der Waals surface area contributed by atoms with Gasteiger partial charge in [-0.25, -0.2) is 9.36 Å². The lowest BCUT2D eigenvalue weighted by Gasteiger charge is -2.34. The van der Waals surface area contributed by atoms with Gasteiger partial charge in [0.05, 0.1) is 5.02 Å². The van der Waals surface area contributed by atoms with E-state index in [-0.39, 0.29) is 27.6 Å². The van der Waals surface area contributed by atoms with E-state index >= 15 is 0 Å². The Morgan fingerprint density at radius 3 is 2.48 bits per heavy atom. The summed E-state index contributed by atoms with van der Waals surface area (Å²) in [5, 5.41) is 17.5. The molecule has 9 nitrogen and oxygen atoms in total. The smallest absolute Gasteiger partial charge is 0.280 e. The van der Waals surface area contributed by atoms with Gasteiger partial charge in [-0.15, -0.1) is 0 Å². The predicted octanol–water partition coefficient (Wildman–Crippen LogP) is 1.43. The molecular weight excluding hydrogens is 346 g/mol. The van der Waals surface area contributed by atoms with Crippen molar-refractivity contribution in [2.45, 2.75) is 44.4 Å². The maximum absolute atomic E-state index is 12.7. The van der Waals surface area contributed by atoms with Crippen molar-refractivity contribution in [3.05, 3.63) is 26.6 Å². The maximum atomic E-state index is 12.7. The van der Waals surface area contributed by atoms with Gasteiger partial charge in [-0.2, -0.15) is 5.10 Å². The van der Waals surface area contributed by atoms with Crippen molar-refractivity contribution < 1.29 is 4.79 Å². The summed E-state index contributed by atoms with van der Waals surface area (Å²) < 4.78 is 2.49. The number of hydrogen-bond acceptors (Lipinski definition) is 6. The SMILES string of the molecule is Cn1nnnc1NC(=O)c1nn(C)c(=O)c(C2(C)CCCCC2)c1Cl. The standard InChI is InChI=1S/C15H20ClN7O2/c1-15(7-5-4-6-8-15)9-10(16)11(19-22(2)13(9)25)12(24)17-14-18-20-21-23(14)3/h4-8H2,1-3H3,(H,17,18,21,24). The number of aromatic nitrogens is 6. The molecule has 25 heavy (non-hydrogen) atoms. The molecule has 2 aromatic rings. The molecule has 134 valence electrons. The van der Waals surface area contributed by atoms with Crippen molar-refractivity contribution in [2.75, 3.05) is 5.32 Å². The average Bonchev–Trinajstić information content (AvgIpc) is 2.96. The second-order valence-corrected chi connectivity index (χ2v) is 7.05. The number of rotatable bonds is 3. The van der Waals surface area contributed by atoms with Crippen LogP contribution in [0.3, 0.4) is 0 Å². The zero-order valence-corrected chi connectivity index (χ0v) is 15.2. The van der Waals surface area contributed by atoms with Gasteiger partial charge in [0.2, 0.25) is 5.95 Å². The summed E-state index contributed by atoms with van der Waals surface area (Å²) >= 11 is 6.49. The molecule has 1 N–H and O–H groups in total. The molecule has 0 radical (unpaired) electrons. The fourth-order valence-electron chi connectivity index (χ4n) is 3.36. The van der Waals surface area contributed by atoms with Crippen molar-refractivity contribution in [3.63, 3.8) is 0 Å². The van der Waals surface area contributed by atoms with Crippen LogP contribution in [-0.2, 0) is 19.5 Å². The second kappa shape index (κ2) is 6.55. The summed E-state index contributed by atoms with van der Waals surface area (Å²) in [5.74, 6) is -0.388. The molecule has 1 aliphatic carbocycles. The van der Waals surface area contributed by atoms with E-state index in [1.165, 1.54) is 16.4 Å². The van der Waals surface area contributed by atoms with Gasteiger partial charge in [-0.3, -0.25) is 14.9 Å². The molecule has 10 heteroatoms. The number of halogens is 1. The highest BCUT2D eigenvalue weighted by atomic mass is 35.5. The van der Waals surface area contributed by atoms with E-state index in [0.717, 1.165) is 32.1 Å². The third-order valence-electron chi connectivity index (χ3n) is 4.81. The molecule has 0 spiro atoms. The van der Waals surface area contributed by atoms with Crippen LogP contribution in [0.2, 0.25) is 5.02 Å². The van der Waals surface area contributed by atoms with E-state index in [1.807, 2.05) is 6.92 Å². The van der Waals surface area contributed by atoms with E-state index in [0.29, 0.717) is 5.56 Å². The fourth-order valence-corrected chi connectivity index (χ4v) is 3.79. The number of amides is 1. The van der Waals surface area contributed by atoms with Gasteiger partial charge in [0.25, 0.3) is 11.5 Å². The number of carbonyl (C=O) groups is 1. The minimum atomic E-state index is -0.556. The van der Waals surface area contributed by atoms with Crippen molar-refractivity contribution in [2.24, 2.45) is 14.1 Å². The Hall–Kier alpha value is -2.29. The van der Waals surface area contributed by atoms with Crippen molar-refractivity contribution in [1.29, 1.82) is 0 Å². The monoisotopic (exact) mass is 365 g/mol. The molecular formula is C15H20ClN7O2. The lowest BCUT2D eigenvalue weighted by molar-refractivity contribution is 0.101. The number of aryl methyl sites for hydroxylation is 2. The molecule has 0 atom stereocenters. The fraction of sp³-hybridized carbons (Fsp3) is 0.600. The van der Waals surface area contributed by atoms with Crippen LogP contribution in [0, 0.1) is 0 Å². The van der Waals surface area contributed by atoms with E-state index in [2.05, 4.69) is 25.9 Å². The lowest BCUT2D eigenvalue weighted by atomic mass is 9.71. The highest BCUT2D eigenvalue weighted by molar-refractivity contribution is 6.34. The average molecular weight is 366 g/mol.